The molecule has 7 aliphatic heterocycles. The lowest BCUT2D eigenvalue weighted by molar-refractivity contribution is -0.411. The number of aliphatic hydroxyl groups excluding tert-OH is 20. The zero-order valence-corrected chi connectivity index (χ0v) is 74.7. The number of aliphatic hydroxyl groups is 20. The molecule has 0 radical (unpaired) electrons. The lowest BCUT2D eigenvalue weighted by Crippen LogP contribution is -2.72. The van der Waals surface area contributed by atoms with E-state index < -0.39 is 273 Å². The Morgan fingerprint density at radius 1 is 0.325 bits per heavy atom. The van der Waals surface area contributed by atoms with Gasteiger partial charge in [-0.3, -0.25) is 9.59 Å². The maximum atomic E-state index is 13.8. The molecule has 38 nitrogen and oxygen atoms in total. The first-order chi connectivity index (χ1) is 60.6. The summed E-state index contributed by atoms with van der Waals surface area (Å²) in [5, 5.41) is 231. The molecular formula is C88H160N2O36. The quantitative estimate of drug-likeness (QED) is 0.0290. The van der Waals surface area contributed by atoms with E-state index in [1.54, 1.807) is 6.08 Å². The molecule has 7 saturated heterocycles. The van der Waals surface area contributed by atoms with Gasteiger partial charge in [-0.25, -0.2) is 0 Å². The second-order valence-electron chi connectivity index (χ2n) is 35.5. The topological polar surface area (TPSA) is 592 Å². The standard InChI is InChI=1S/C88H160N2O36/c1-6-8-10-12-14-16-18-20-21-22-23-24-25-26-27-28-29-31-33-35-37-39-41-43-60(98)90-53(54(97)42-40-38-36-34-32-30-19-17-15-13-11-9-7-2)49-113-83-74(111)70(107)76(58(47-94)120-83)121-87-75(112)79(65(102)56(45-92)117-87)124-82-61(89-52(5)96)78(77(59(48-95)119-82)122-84-71(108)67(104)62(99)50(3)114-84)123-88-81(126-85-72(109)68(105)63(100)51(4)115-85)80(66(103)57(46-93)118-88)125-86-73(110)69(106)64(101)55(44-91)116-86/h40,42,50-51,53-59,61-88,91-95,97,99-112H,6-39,41,43-49H2,1-5H3,(H,89,96)(H,90,98)/b42-40+/t50?,51?,53-,54+,55?,56?,57?,58?,59?,61?,62+,63+,64-,65-,66-,67?,68?,69-,70+,71-,72-,73?,74?,75?,76+,77+,78+,79-,80-,81?,82-,83+,84+,85+,86+,87-,88-/m0/s1. The van der Waals surface area contributed by atoms with Gasteiger partial charge in [0.15, 0.2) is 44.0 Å². The molecule has 126 heavy (non-hydrogen) atoms. The summed E-state index contributed by atoms with van der Waals surface area (Å²) in [4.78, 5) is 27.5. The highest BCUT2D eigenvalue weighted by molar-refractivity contribution is 5.76. The minimum atomic E-state index is -2.33. The van der Waals surface area contributed by atoms with Crippen molar-refractivity contribution in [3.8, 4) is 0 Å². The minimum absolute atomic E-state index is 0.152. The Balaban J connectivity index is 1.05. The van der Waals surface area contributed by atoms with Gasteiger partial charge in [-0.05, 0) is 33.1 Å². The Hall–Kier alpha value is -2.68. The first kappa shape index (κ1) is 110. The van der Waals surface area contributed by atoms with Crippen molar-refractivity contribution < 1.29 is 178 Å². The normalized spacial score (nSPS) is 38.2. The Morgan fingerprint density at radius 2 is 0.659 bits per heavy atom. The highest BCUT2D eigenvalue weighted by atomic mass is 16.8. The number of amides is 2. The Kier molecular flexibility index (Phi) is 51.9. The Bertz CT molecular complexity index is 2910. The van der Waals surface area contributed by atoms with Crippen LogP contribution in [0.3, 0.4) is 0 Å². The molecule has 0 aromatic heterocycles. The Labute approximate surface area is 742 Å². The van der Waals surface area contributed by atoms with Crippen LogP contribution in [-0.4, -0.2) is 381 Å². The average molecular weight is 1820 g/mol. The van der Waals surface area contributed by atoms with E-state index in [1.807, 2.05) is 6.08 Å². The van der Waals surface area contributed by atoms with Crippen molar-refractivity contribution in [1.82, 2.24) is 10.6 Å². The smallest absolute Gasteiger partial charge is 0.220 e. The van der Waals surface area contributed by atoms with Gasteiger partial charge < -0.3 is 179 Å². The first-order valence-electron chi connectivity index (χ1n) is 47.2. The summed E-state index contributed by atoms with van der Waals surface area (Å²) >= 11 is 0. The van der Waals surface area contributed by atoms with Crippen LogP contribution in [0.5, 0.6) is 0 Å². The van der Waals surface area contributed by atoms with Gasteiger partial charge in [0, 0.05) is 13.3 Å². The molecule has 37 atom stereocenters. The van der Waals surface area contributed by atoms with Crippen molar-refractivity contribution in [3.63, 3.8) is 0 Å². The van der Waals surface area contributed by atoms with E-state index in [2.05, 4.69) is 24.5 Å². The maximum absolute atomic E-state index is 13.8. The van der Waals surface area contributed by atoms with Gasteiger partial charge >= 0.3 is 0 Å². The highest BCUT2D eigenvalue weighted by Crippen LogP contribution is 2.41. The van der Waals surface area contributed by atoms with Crippen molar-refractivity contribution in [3.05, 3.63) is 12.2 Å². The van der Waals surface area contributed by atoms with Crippen molar-refractivity contribution in [2.24, 2.45) is 0 Å². The van der Waals surface area contributed by atoms with Crippen molar-refractivity contribution in [2.75, 3.05) is 39.6 Å². The fraction of sp³-hybridized carbons (Fsp3) is 0.955. The second kappa shape index (κ2) is 59.2. The van der Waals surface area contributed by atoms with Crippen molar-refractivity contribution in [1.29, 1.82) is 0 Å². The molecule has 0 aromatic rings. The summed E-state index contributed by atoms with van der Waals surface area (Å²) in [6.07, 6.45) is -23.9. The van der Waals surface area contributed by atoms with Gasteiger partial charge in [0.25, 0.3) is 0 Å². The van der Waals surface area contributed by atoms with Crippen LogP contribution in [-0.2, 0) is 75.9 Å². The summed E-state index contributed by atoms with van der Waals surface area (Å²) in [6, 6.07) is -3.14. The molecular weight excluding hydrogens is 1660 g/mol. The van der Waals surface area contributed by atoms with E-state index in [9.17, 15) is 112 Å². The molecule has 22 N–H and O–H groups in total. The van der Waals surface area contributed by atoms with Crippen LogP contribution >= 0.6 is 0 Å². The number of allylic oxidation sites excluding steroid dienone is 1. The fourth-order valence-corrected chi connectivity index (χ4v) is 17.4. The molecule has 7 heterocycles. The second-order valence-corrected chi connectivity index (χ2v) is 35.5. The number of carbonyl (C=O) groups is 2. The summed E-state index contributed by atoms with van der Waals surface area (Å²) < 4.78 is 85.6. The monoisotopic (exact) mass is 1820 g/mol. The lowest BCUT2D eigenvalue weighted by Gasteiger charge is -2.53. The molecule has 38 heteroatoms. The van der Waals surface area contributed by atoms with E-state index in [-0.39, 0.29) is 12.3 Å². The summed E-state index contributed by atoms with van der Waals surface area (Å²) in [5.74, 6) is -1.34. The van der Waals surface area contributed by atoms with Crippen molar-refractivity contribution in [2.45, 2.75) is 493 Å². The predicted octanol–water partition coefficient (Wildman–Crippen LogP) is 0.432. The third-order valence-electron chi connectivity index (χ3n) is 25.4. The molecule has 14 unspecified atom stereocenters. The predicted molar refractivity (Wildman–Crippen MR) is 449 cm³/mol. The van der Waals surface area contributed by atoms with E-state index in [4.69, 9.17) is 66.3 Å². The van der Waals surface area contributed by atoms with Crippen LogP contribution in [0.1, 0.15) is 266 Å². The molecule has 738 valence electrons. The van der Waals surface area contributed by atoms with Crippen LogP contribution in [0.15, 0.2) is 12.2 Å². The van der Waals surface area contributed by atoms with Crippen LogP contribution < -0.4 is 10.6 Å². The van der Waals surface area contributed by atoms with Crippen LogP contribution in [0, 0.1) is 0 Å². The SMILES string of the molecule is CCCCCCCCCCCCC/C=C/[C@@H](O)[C@H](CO[C@@H]1OC(CO)[C@@H](O[C@@H]2OC(CO)[C@H](O)[C@H](O[C@@H]3OC(CO)[C@@H](O[C@H]4OC(C)[C@@H](O)C(O)[C@@H]4O)[C@H](O[C@@H]4OC(CO)[C@H](O)[C@H](O[C@H]5OC(CO)[C@H](O)[C@H](O)C5O)C4O[C@H]4OC(C)[C@@H](O)C(O)[C@@H]4O)C3NC(C)=O)C2O)[C@H](O)C1O)NC(=O)CCCCCCCCCCCCCCCCCCCCCCCCC. The third kappa shape index (κ3) is 33.7. The number of ether oxygens (including phenoxy) is 14. The zero-order valence-electron chi connectivity index (χ0n) is 74.7. The number of unbranched alkanes of at least 4 members (excludes halogenated alkanes) is 33. The minimum Gasteiger partial charge on any atom is -0.394 e. The van der Waals surface area contributed by atoms with Gasteiger partial charge in [-0.2, -0.15) is 0 Å². The molecule has 7 fully saturated rings. The van der Waals surface area contributed by atoms with E-state index >= 15 is 0 Å². The van der Waals surface area contributed by atoms with E-state index in [0.29, 0.717) is 12.8 Å². The summed E-state index contributed by atoms with van der Waals surface area (Å²) in [6.45, 7) is 2.12. The molecule has 0 spiro atoms. The number of rotatable bonds is 60. The summed E-state index contributed by atoms with van der Waals surface area (Å²) in [5.41, 5.74) is 0. The molecule has 7 aliphatic rings. The number of hydrogen-bond acceptors (Lipinski definition) is 36. The van der Waals surface area contributed by atoms with Gasteiger partial charge in [0.2, 0.25) is 11.8 Å². The molecule has 7 rings (SSSR count). The highest BCUT2D eigenvalue weighted by Gasteiger charge is 2.61. The van der Waals surface area contributed by atoms with Crippen LogP contribution in [0.25, 0.3) is 0 Å². The largest absolute Gasteiger partial charge is 0.394 e. The molecule has 0 aromatic carbocycles. The lowest BCUT2D eigenvalue weighted by atomic mass is 9.93. The van der Waals surface area contributed by atoms with Gasteiger partial charge in [0.05, 0.1) is 64.0 Å². The van der Waals surface area contributed by atoms with Crippen LogP contribution in [0.2, 0.25) is 0 Å². The number of nitrogens with one attached hydrogen (secondary N) is 2. The molecule has 0 saturated carbocycles. The first-order valence-corrected chi connectivity index (χ1v) is 47.2. The van der Waals surface area contributed by atoms with Gasteiger partial charge in [-0.1, -0.05) is 231 Å². The van der Waals surface area contributed by atoms with Crippen LogP contribution in [0.4, 0.5) is 0 Å². The van der Waals surface area contributed by atoms with Crippen molar-refractivity contribution >= 4 is 11.8 Å². The maximum Gasteiger partial charge on any atom is 0.220 e. The third-order valence-corrected chi connectivity index (χ3v) is 25.4. The number of carbonyl (C=O) groups excluding carboxylic acids is 2. The average Bonchev–Trinajstić information content (AvgIpc) is 0.747. The molecule has 0 bridgehead atoms. The Morgan fingerprint density at radius 3 is 1.11 bits per heavy atom. The van der Waals surface area contributed by atoms with E-state index in [0.717, 1.165) is 58.3 Å². The fourth-order valence-electron chi connectivity index (χ4n) is 17.4. The van der Waals surface area contributed by atoms with Gasteiger partial charge in [-0.15, -0.1) is 0 Å². The van der Waals surface area contributed by atoms with E-state index in [1.165, 1.54) is 174 Å². The van der Waals surface area contributed by atoms with Gasteiger partial charge in [0.1, 0.15) is 159 Å². The molecule has 2 amide bonds. The number of hydrogen-bond donors (Lipinski definition) is 22. The summed E-state index contributed by atoms with van der Waals surface area (Å²) in [7, 11) is 0. The molecule has 0 aliphatic carbocycles. The zero-order chi connectivity index (χ0) is 91.9.